The Morgan fingerprint density at radius 3 is 2.36 bits per heavy atom. The highest BCUT2D eigenvalue weighted by atomic mass is 16.5. The van der Waals surface area contributed by atoms with E-state index in [0.29, 0.717) is 5.75 Å². The van der Waals surface area contributed by atoms with Crippen LogP contribution in [0.3, 0.4) is 0 Å². The van der Waals surface area contributed by atoms with Crippen molar-refractivity contribution < 1.29 is 14.3 Å². The maximum absolute atomic E-state index is 11.1. The third-order valence-electron chi connectivity index (χ3n) is 3.06. The first-order valence-electron chi connectivity index (χ1n) is 6.90. The van der Waals surface area contributed by atoms with E-state index in [1.54, 1.807) is 13.0 Å². The lowest BCUT2D eigenvalue weighted by atomic mass is 10.0. The number of ether oxygens (including phenoxy) is 1. The van der Waals surface area contributed by atoms with Crippen LogP contribution >= 0.6 is 0 Å². The number of amides is 2. The highest BCUT2D eigenvalue weighted by Gasteiger charge is 2.10. The van der Waals surface area contributed by atoms with Crippen molar-refractivity contribution in [2.45, 2.75) is 20.0 Å². The summed E-state index contributed by atoms with van der Waals surface area (Å²) in [7, 11) is 0. The molecule has 0 bridgehead atoms. The Labute approximate surface area is 129 Å². The minimum Gasteiger partial charge on any atom is -0.481 e. The summed E-state index contributed by atoms with van der Waals surface area (Å²) in [5, 5.41) is 2.75. The Morgan fingerprint density at radius 1 is 1.09 bits per heavy atom. The smallest absolute Gasteiger partial charge is 0.258 e. The molecular weight excluding hydrogens is 280 g/mol. The van der Waals surface area contributed by atoms with Gasteiger partial charge < -0.3 is 15.8 Å². The standard InChI is InChI=1S/C17H18N2O3/c1-11(17(18)21)22-16-8-4-6-14(10-16)13-5-3-7-15(9-13)19-12(2)20/h3-11H,1-2H3,(H2,18,21)(H,19,20)/t11-/m1/s1. The van der Waals surface area contributed by atoms with Crippen molar-refractivity contribution in [2.24, 2.45) is 5.73 Å². The summed E-state index contributed by atoms with van der Waals surface area (Å²) in [5.41, 5.74) is 7.77. The van der Waals surface area contributed by atoms with E-state index in [2.05, 4.69) is 5.32 Å². The van der Waals surface area contributed by atoms with Gasteiger partial charge in [0.2, 0.25) is 5.91 Å². The van der Waals surface area contributed by atoms with Crippen LogP contribution in [0.1, 0.15) is 13.8 Å². The molecule has 0 heterocycles. The summed E-state index contributed by atoms with van der Waals surface area (Å²) >= 11 is 0. The molecule has 0 fully saturated rings. The molecule has 1 atom stereocenters. The number of rotatable bonds is 5. The second-order valence-corrected chi connectivity index (χ2v) is 4.95. The number of hydrogen-bond acceptors (Lipinski definition) is 3. The SMILES string of the molecule is CC(=O)Nc1cccc(-c2cccc(O[C@H](C)C(N)=O)c2)c1. The molecule has 2 rings (SSSR count). The number of benzene rings is 2. The van der Waals surface area contributed by atoms with Crippen molar-refractivity contribution in [1.29, 1.82) is 0 Å². The van der Waals surface area contributed by atoms with Gasteiger partial charge in [0.1, 0.15) is 5.75 Å². The monoisotopic (exact) mass is 298 g/mol. The summed E-state index contributed by atoms with van der Waals surface area (Å²) in [4.78, 5) is 22.2. The molecule has 0 unspecified atom stereocenters. The van der Waals surface area contributed by atoms with Gasteiger partial charge >= 0.3 is 0 Å². The first kappa shape index (κ1) is 15.6. The Bertz CT molecular complexity index is 698. The van der Waals surface area contributed by atoms with Gasteiger partial charge in [0, 0.05) is 12.6 Å². The molecule has 5 heteroatoms. The fourth-order valence-electron chi connectivity index (χ4n) is 1.99. The molecule has 0 saturated carbocycles. The van der Waals surface area contributed by atoms with E-state index in [1.807, 2.05) is 42.5 Å². The first-order chi connectivity index (χ1) is 10.5. The van der Waals surface area contributed by atoms with Gasteiger partial charge in [0.25, 0.3) is 5.91 Å². The zero-order chi connectivity index (χ0) is 16.1. The number of nitrogens with one attached hydrogen (secondary N) is 1. The maximum atomic E-state index is 11.1. The number of hydrogen-bond donors (Lipinski definition) is 2. The third-order valence-corrected chi connectivity index (χ3v) is 3.06. The summed E-state index contributed by atoms with van der Waals surface area (Å²) in [6, 6.07) is 14.8. The summed E-state index contributed by atoms with van der Waals surface area (Å²) in [6.45, 7) is 3.07. The van der Waals surface area contributed by atoms with Gasteiger partial charge in [-0.2, -0.15) is 0 Å². The quantitative estimate of drug-likeness (QED) is 0.890. The van der Waals surface area contributed by atoms with Crippen LogP contribution in [0, 0.1) is 0 Å². The Kier molecular flexibility index (Phi) is 4.78. The van der Waals surface area contributed by atoms with Gasteiger partial charge in [0.15, 0.2) is 6.10 Å². The normalized spacial score (nSPS) is 11.5. The molecule has 0 aliphatic rings. The molecule has 0 aliphatic heterocycles. The van der Waals surface area contributed by atoms with Crippen LogP contribution in [0.2, 0.25) is 0 Å². The molecule has 2 aromatic carbocycles. The van der Waals surface area contributed by atoms with Gasteiger partial charge in [-0.3, -0.25) is 9.59 Å². The average Bonchev–Trinajstić information content (AvgIpc) is 2.47. The van der Waals surface area contributed by atoms with Gasteiger partial charge in [-0.15, -0.1) is 0 Å². The highest BCUT2D eigenvalue weighted by Crippen LogP contribution is 2.26. The summed E-state index contributed by atoms with van der Waals surface area (Å²) in [5.74, 6) is -0.0729. The fourth-order valence-corrected chi connectivity index (χ4v) is 1.99. The number of nitrogens with two attached hydrogens (primary N) is 1. The van der Waals surface area contributed by atoms with E-state index in [4.69, 9.17) is 10.5 Å². The van der Waals surface area contributed by atoms with E-state index in [-0.39, 0.29) is 5.91 Å². The van der Waals surface area contributed by atoms with E-state index >= 15 is 0 Å². The van der Waals surface area contributed by atoms with Gasteiger partial charge in [-0.1, -0.05) is 24.3 Å². The van der Waals surface area contributed by atoms with Gasteiger partial charge in [-0.25, -0.2) is 0 Å². The second kappa shape index (κ2) is 6.76. The van der Waals surface area contributed by atoms with Crippen molar-refractivity contribution in [3.63, 3.8) is 0 Å². The summed E-state index contributed by atoms with van der Waals surface area (Å²) < 4.78 is 5.49. The molecule has 0 spiro atoms. The predicted octanol–water partition coefficient (Wildman–Crippen LogP) is 2.56. The van der Waals surface area contributed by atoms with Crippen LogP contribution in [-0.4, -0.2) is 17.9 Å². The topological polar surface area (TPSA) is 81.4 Å². The minimum absolute atomic E-state index is 0.121. The zero-order valence-electron chi connectivity index (χ0n) is 12.5. The predicted molar refractivity (Wildman–Crippen MR) is 85.5 cm³/mol. The lowest BCUT2D eigenvalue weighted by molar-refractivity contribution is -0.124. The van der Waals surface area contributed by atoms with E-state index in [9.17, 15) is 9.59 Å². The largest absolute Gasteiger partial charge is 0.481 e. The van der Waals surface area contributed by atoms with E-state index in [0.717, 1.165) is 16.8 Å². The Morgan fingerprint density at radius 2 is 1.73 bits per heavy atom. The Hall–Kier alpha value is -2.82. The Balaban J connectivity index is 2.25. The molecule has 2 amide bonds. The first-order valence-corrected chi connectivity index (χ1v) is 6.90. The molecule has 0 aromatic heterocycles. The molecule has 2 aromatic rings. The molecule has 0 saturated heterocycles. The average molecular weight is 298 g/mol. The van der Waals surface area contributed by atoms with Crippen molar-refractivity contribution in [3.05, 3.63) is 48.5 Å². The summed E-state index contributed by atoms with van der Waals surface area (Å²) in [6.07, 6.45) is -0.694. The van der Waals surface area contributed by atoms with Crippen LogP contribution in [0.15, 0.2) is 48.5 Å². The fraction of sp³-hybridized carbons (Fsp3) is 0.176. The lowest BCUT2D eigenvalue weighted by Gasteiger charge is -2.12. The molecule has 0 aliphatic carbocycles. The molecular formula is C17H18N2O3. The zero-order valence-corrected chi connectivity index (χ0v) is 12.5. The highest BCUT2D eigenvalue weighted by molar-refractivity contribution is 5.89. The third kappa shape index (κ3) is 4.09. The van der Waals surface area contributed by atoms with Crippen LogP contribution in [0.4, 0.5) is 5.69 Å². The van der Waals surface area contributed by atoms with Crippen molar-refractivity contribution in [3.8, 4) is 16.9 Å². The van der Waals surface area contributed by atoms with Crippen LogP contribution < -0.4 is 15.8 Å². The molecule has 22 heavy (non-hydrogen) atoms. The number of primary amides is 1. The lowest BCUT2D eigenvalue weighted by Crippen LogP contribution is -2.30. The molecule has 0 radical (unpaired) electrons. The molecule has 114 valence electrons. The number of anilines is 1. The number of carbonyl (C=O) groups excluding carboxylic acids is 2. The molecule has 3 N–H and O–H groups in total. The van der Waals surface area contributed by atoms with Crippen molar-refractivity contribution >= 4 is 17.5 Å². The van der Waals surface area contributed by atoms with Crippen molar-refractivity contribution in [1.82, 2.24) is 0 Å². The second-order valence-electron chi connectivity index (χ2n) is 4.95. The molecule has 5 nitrogen and oxygen atoms in total. The maximum Gasteiger partial charge on any atom is 0.258 e. The van der Waals surface area contributed by atoms with E-state index < -0.39 is 12.0 Å². The van der Waals surface area contributed by atoms with E-state index in [1.165, 1.54) is 6.92 Å². The minimum atomic E-state index is -0.694. The van der Waals surface area contributed by atoms with Gasteiger partial charge in [-0.05, 0) is 42.3 Å². The number of carbonyl (C=O) groups is 2. The van der Waals surface area contributed by atoms with Crippen molar-refractivity contribution in [2.75, 3.05) is 5.32 Å². The van der Waals surface area contributed by atoms with Crippen LogP contribution in [0.5, 0.6) is 5.75 Å². The van der Waals surface area contributed by atoms with Gasteiger partial charge in [0.05, 0.1) is 0 Å². The van der Waals surface area contributed by atoms with Crippen LogP contribution in [-0.2, 0) is 9.59 Å². The van der Waals surface area contributed by atoms with Crippen LogP contribution in [0.25, 0.3) is 11.1 Å².